The predicted octanol–water partition coefficient (Wildman–Crippen LogP) is 3.44. The SMILES string of the molecule is O=C(N/N=C\c1ccc(OC(F)F)cc1)Nc1ccccc1. The Labute approximate surface area is 125 Å². The number of hydrogen-bond donors (Lipinski definition) is 2. The number of urea groups is 1. The van der Waals surface area contributed by atoms with Gasteiger partial charge in [0.15, 0.2) is 0 Å². The molecule has 0 spiro atoms. The highest BCUT2D eigenvalue weighted by Crippen LogP contribution is 2.13. The van der Waals surface area contributed by atoms with Crippen molar-refractivity contribution in [2.45, 2.75) is 6.61 Å². The van der Waals surface area contributed by atoms with Crippen LogP contribution in [0.4, 0.5) is 19.3 Å². The molecule has 114 valence electrons. The second-order valence-corrected chi connectivity index (χ2v) is 4.14. The van der Waals surface area contributed by atoms with Gasteiger partial charge in [0.1, 0.15) is 5.75 Å². The Morgan fingerprint density at radius 2 is 1.77 bits per heavy atom. The summed E-state index contributed by atoms with van der Waals surface area (Å²) < 4.78 is 28.2. The second kappa shape index (κ2) is 7.72. The van der Waals surface area contributed by atoms with Crippen LogP contribution in [-0.4, -0.2) is 18.9 Å². The van der Waals surface area contributed by atoms with Gasteiger partial charge in [-0.1, -0.05) is 18.2 Å². The predicted molar refractivity (Wildman–Crippen MR) is 79.3 cm³/mol. The summed E-state index contributed by atoms with van der Waals surface area (Å²) in [5, 5.41) is 6.34. The minimum absolute atomic E-state index is 0.0573. The number of carbonyl (C=O) groups is 1. The first-order valence-electron chi connectivity index (χ1n) is 6.33. The quantitative estimate of drug-likeness (QED) is 0.656. The normalized spacial score (nSPS) is 10.7. The maximum Gasteiger partial charge on any atom is 0.387 e. The van der Waals surface area contributed by atoms with Gasteiger partial charge in [0.25, 0.3) is 0 Å². The molecule has 2 N–H and O–H groups in total. The summed E-state index contributed by atoms with van der Waals surface area (Å²) in [6.45, 7) is -2.86. The lowest BCUT2D eigenvalue weighted by Gasteiger charge is -2.04. The molecule has 7 heteroatoms. The first kappa shape index (κ1) is 15.4. The number of alkyl halides is 2. The first-order chi connectivity index (χ1) is 10.6. The molecule has 0 unspecified atom stereocenters. The van der Waals surface area contributed by atoms with Crippen LogP contribution in [0, 0.1) is 0 Å². The molecule has 0 aromatic heterocycles. The Bertz CT molecular complexity index is 631. The molecule has 2 amide bonds. The molecule has 0 fully saturated rings. The molecule has 0 aliphatic rings. The summed E-state index contributed by atoms with van der Waals surface area (Å²) in [6.07, 6.45) is 1.39. The molecular weight excluding hydrogens is 292 g/mol. The summed E-state index contributed by atoms with van der Waals surface area (Å²) >= 11 is 0. The number of amides is 2. The van der Waals surface area contributed by atoms with Gasteiger partial charge in [0.2, 0.25) is 0 Å². The molecular formula is C15H13F2N3O2. The molecule has 0 aliphatic heterocycles. The summed E-state index contributed by atoms with van der Waals surface area (Å²) in [5.41, 5.74) is 3.56. The van der Waals surface area contributed by atoms with Crippen LogP contribution >= 0.6 is 0 Å². The fraction of sp³-hybridized carbons (Fsp3) is 0.0667. The maximum atomic E-state index is 12.0. The van der Waals surface area contributed by atoms with Crippen molar-refractivity contribution in [1.29, 1.82) is 0 Å². The number of anilines is 1. The minimum Gasteiger partial charge on any atom is -0.435 e. The zero-order chi connectivity index (χ0) is 15.8. The molecule has 0 aliphatic carbocycles. The van der Waals surface area contributed by atoms with Gasteiger partial charge in [-0.25, -0.2) is 10.2 Å². The van der Waals surface area contributed by atoms with Gasteiger partial charge < -0.3 is 10.1 Å². The van der Waals surface area contributed by atoms with Gasteiger partial charge in [0.05, 0.1) is 6.21 Å². The number of nitrogens with zero attached hydrogens (tertiary/aromatic N) is 1. The van der Waals surface area contributed by atoms with Gasteiger partial charge in [-0.15, -0.1) is 0 Å². The van der Waals surface area contributed by atoms with Crippen molar-refractivity contribution in [2.75, 3.05) is 5.32 Å². The lowest BCUT2D eigenvalue weighted by molar-refractivity contribution is -0.0498. The van der Waals surface area contributed by atoms with E-state index in [1.807, 2.05) is 6.07 Å². The van der Waals surface area contributed by atoms with Gasteiger partial charge in [-0.05, 0) is 42.0 Å². The fourth-order valence-corrected chi connectivity index (χ4v) is 1.58. The van der Waals surface area contributed by atoms with E-state index in [1.54, 1.807) is 24.3 Å². The molecule has 0 atom stereocenters. The number of nitrogens with one attached hydrogen (secondary N) is 2. The highest BCUT2D eigenvalue weighted by molar-refractivity contribution is 5.90. The van der Waals surface area contributed by atoms with Gasteiger partial charge in [-0.3, -0.25) is 0 Å². The Hall–Kier alpha value is -2.96. The van der Waals surface area contributed by atoms with Crippen LogP contribution in [0.5, 0.6) is 5.75 Å². The van der Waals surface area contributed by atoms with Crippen LogP contribution < -0.4 is 15.5 Å². The average Bonchev–Trinajstić information content (AvgIpc) is 2.49. The van der Waals surface area contributed by atoms with Crippen LogP contribution in [0.1, 0.15) is 5.56 Å². The number of benzene rings is 2. The Kier molecular flexibility index (Phi) is 5.42. The van der Waals surface area contributed by atoms with Gasteiger partial charge in [0, 0.05) is 5.69 Å². The van der Waals surface area contributed by atoms with Gasteiger partial charge >= 0.3 is 12.6 Å². The van der Waals surface area contributed by atoms with E-state index in [1.165, 1.54) is 30.5 Å². The molecule has 0 saturated carbocycles. The molecule has 22 heavy (non-hydrogen) atoms. The number of hydrazone groups is 1. The van der Waals surface area contributed by atoms with Crippen LogP contribution in [0.3, 0.4) is 0 Å². The molecule has 2 aromatic carbocycles. The smallest absolute Gasteiger partial charge is 0.387 e. The Morgan fingerprint density at radius 1 is 1.09 bits per heavy atom. The fourth-order valence-electron chi connectivity index (χ4n) is 1.58. The van der Waals surface area contributed by atoms with E-state index in [0.29, 0.717) is 11.3 Å². The van der Waals surface area contributed by atoms with Crippen LogP contribution in [0.25, 0.3) is 0 Å². The highest BCUT2D eigenvalue weighted by Gasteiger charge is 2.03. The monoisotopic (exact) mass is 305 g/mol. The molecule has 0 saturated heterocycles. The van der Waals surface area contributed by atoms with Crippen molar-refractivity contribution in [2.24, 2.45) is 5.10 Å². The first-order valence-corrected chi connectivity index (χ1v) is 6.33. The van der Waals surface area contributed by atoms with Crippen molar-refractivity contribution in [3.63, 3.8) is 0 Å². The molecule has 0 heterocycles. The van der Waals surface area contributed by atoms with E-state index in [9.17, 15) is 13.6 Å². The van der Waals surface area contributed by atoms with E-state index in [0.717, 1.165) is 0 Å². The number of ether oxygens (including phenoxy) is 1. The summed E-state index contributed by atoms with van der Waals surface area (Å²) in [4.78, 5) is 11.5. The van der Waals surface area contributed by atoms with Gasteiger partial charge in [-0.2, -0.15) is 13.9 Å². The molecule has 5 nitrogen and oxygen atoms in total. The molecule has 2 rings (SSSR count). The number of rotatable bonds is 5. The van der Waals surface area contributed by atoms with E-state index in [-0.39, 0.29) is 5.75 Å². The average molecular weight is 305 g/mol. The summed E-state index contributed by atoms with van der Waals surface area (Å²) in [7, 11) is 0. The summed E-state index contributed by atoms with van der Waals surface area (Å²) in [6, 6.07) is 14.3. The van der Waals surface area contributed by atoms with E-state index in [2.05, 4.69) is 20.6 Å². The zero-order valence-corrected chi connectivity index (χ0v) is 11.4. The van der Waals surface area contributed by atoms with E-state index >= 15 is 0 Å². The third-order valence-electron chi connectivity index (χ3n) is 2.52. The third kappa shape index (κ3) is 5.20. The molecule has 0 radical (unpaired) electrons. The lowest BCUT2D eigenvalue weighted by Crippen LogP contribution is -2.24. The third-order valence-corrected chi connectivity index (χ3v) is 2.52. The van der Waals surface area contributed by atoms with E-state index < -0.39 is 12.6 Å². The Balaban J connectivity index is 1.83. The maximum absolute atomic E-state index is 12.0. The minimum atomic E-state index is -2.86. The number of para-hydroxylation sites is 1. The molecule has 2 aromatic rings. The lowest BCUT2D eigenvalue weighted by atomic mass is 10.2. The zero-order valence-electron chi connectivity index (χ0n) is 11.4. The summed E-state index contributed by atoms with van der Waals surface area (Å²) in [5.74, 6) is 0.0573. The van der Waals surface area contributed by atoms with Crippen molar-refractivity contribution in [1.82, 2.24) is 5.43 Å². The standard InChI is InChI=1S/C15H13F2N3O2/c16-14(17)22-13-8-6-11(7-9-13)10-18-20-15(21)19-12-4-2-1-3-5-12/h1-10,14H,(H2,19,20,21)/b18-10-. The second-order valence-electron chi connectivity index (χ2n) is 4.14. The van der Waals surface area contributed by atoms with Crippen molar-refractivity contribution in [3.05, 3.63) is 60.2 Å². The van der Waals surface area contributed by atoms with Crippen LogP contribution in [-0.2, 0) is 0 Å². The van der Waals surface area contributed by atoms with Crippen LogP contribution in [0.15, 0.2) is 59.7 Å². The largest absolute Gasteiger partial charge is 0.435 e. The Morgan fingerprint density at radius 3 is 2.41 bits per heavy atom. The van der Waals surface area contributed by atoms with Crippen molar-refractivity contribution >= 4 is 17.9 Å². The van der Waals surface area contributed by atoms with E-state index in [4.69, 9.17) is 0 Å². The highest BCUT2D eigenvalue weighted by atomic mass is 19.3. The number of carbonyl (C=O) groups excluding carboxylic acids is 1. The number of hydrogen-bond acceptors (Lipinski definition) is 3. The van der Waals surface area contributed by atoms with Crippen LogP contribution in [0.2, 0.25) is 0 Å². The van der Waals surface area contributed by atoms with Crippen molar-refractivity contribution in [3.8, 4) is 5.75 Å². The molecule has 0 bridgehead atoms. The van der Waals surface area contributed by atoms with Crippen molar-refractivity contribution < 1.29 is 18.3 Å². The number of halogens is 2. The topological polar surface area (TPSA) is 62.7 Å².